The summed E-state index contributed by atoms with van der Waals surface area (Å²) >= 11 is 0. The van der Waals surface area contributed by atoms with Crippen molar-refractivity contribution in [3.05, 3.63) is 36.9 Å². The van der Waals surface area contributed by atoms with E-state index in [0.29, 0.717) is 0 Å². The summed E-state index contributed by atoms with van der Waals surface area (Å²) in [6.45, 7) is 5.01. The maximum Gasteiger partial charge on any atom is 0.242 e. The van der Waals surface area contributed by atoms with Crippen molar-refractivity contribution in [2.75, 3.05) is 0 Å². The molecule has 100 valence electrons. The topological polar surface area (TPSA) is 106 Å². The molecule has 1 rings (SSSR count). The highest BCUT2D eigenvalue weighted by Gasteiger charge is 2.24. The Morgan fingerprint density at radius 2 is 1.72 bits per heavy atom. The van der Waals surface area contributed by atoms with Crippen LogP contribution in [0.4, 0.5) is 0 Å². The number of nitrogens with one attached hydrogen (secondary N) is 1. The van der Waals surface area contributed by atoms with Crippen LogP contribution in [0.15, 0.2) is 46.7 Å². The Morgan fingerprint density at radius 1 is 1.22 bits per heavy atom. The maximum atomic E-state index is 12.0. The molecule has 3 N–H and O–H groups in total. The van der Waals surface area contributed by atoms with E-state index in [1.54, 1.807) is 6.92 Å². The second kappa shape index (κ2) is 5.19. The van der Waals surface area contributed by atoms with Crippen molar-refractivity contribution in [2.24, 2.45) is 5.14 Å². The minimum Gasteiger partial charge on any atom is -0.225 e. The molecule has 0 aliphatic carbocycles. The lowest BCUT2D eigenvalue weighted by Crippen LogP contribution is -2.32. The first-order valence-electron chi connectivity index (χ1n) is 4.95. The number of benzene rings is 1. The number of hydrogen-bond acceptors (Lipinski definition) is 4. The molecule has 1 aromatic rings. The van der Waals surface area contributed by atoms with Gasteiger partial charge in [0.1, 0.15) is 9.79 Å². The van der Waals surface area contributed by atoms with Crippen molar-refractivity contribution >= 4 is 20.0 Å². The number of rotatable bonds is 5. The van der Waals surface area contributed by atoms with Gasteiger partial charge in [0, 0.05) is 6.04 Å². The fourth-order valence-corrected chi connectivity index (χ4v) is 3.86. The summed E-state index contributed by atoms with van der Waals surface area (Å²) < 4.78 is 48.9. The second-order valence-corrected chi connectivity index (χ2v) is 6.85. The molecule has 6 nitrogen and oxygen atoms in total. The molecule has 0 saturated carbocycles. The van der Waals surface area contributed by atoms with Gasteiger partial charge in [-0.25, -0.2) is 26.7 Å². The minimum atomic E-state index is -4.10. The van der Waals surface area contributed by atoms with E-state index in [9.17, 15) is 16.8 Å². The Kier molecular flexibility index (Phi) is 4.28. The van der Waals surface area contributed by atoms with Gasteiger partial charge in [-0.15, -0.1) is 6.58 Å². The molecule has 0 heterocycles. The van der Waals surface area contributed by atoms with E-state index in [2.05, 4.69) is 11.3 Å². The smallest absolute Gasteiger partial charge is 0.225 e. The molecule has 1 atom stereocenters. The van der Waals surface area contributed by atoms with Crippen LogP contribution in [0.3, 0.4) is 0 Å². The number of nitrogens with two attached hydrogens (primary N) is 1. The van der Waals surface area contributed by atoms with Crippen LogP contribution in [-0.2, 0) is 20.0 Å². The standard InChI is InChI=1S/C10H14N2O4S2/c1-3-8(2)12-18(15,16)10-7-5-4-6-9(10)17(11,13)14/h3-8,12H,1H2,2H3,(H2,11,13,14). The highest BCUT2D eigenvalue weighted by Crippen LogP contribution is 2.19. The van der Waals surface area contributed by atoms with Crippen molar-refractivity contribution < 1.29 is 16.8 Å². The third-order valence-electron chi connectivity index (χ3n) is 2.14. The van der Waals surface area contributed by atoms with Gasteiger partial charge in [0.25, 0.3) is 0 Å². The molecule has 0 aliphatic rings. The lowest BCUT2D eigenvalue weighted by atomic mass is 10.4. The second-order valence-electron chi connectivity index (χ2n) is 3.64. The predicted molar refractivity (Wildman–Crippen MR) is 67.8 cm³/mol. The summed E-state index contributed by atoms with van der Waals surface area (Å²) in [5.74, 6) is 0. The molecule has 0 bridgehead atoms. The Balaban J connectivity index is 3.39. The summed E-state index contributed by atoms with van der Waals surface area (Å²) in [6.07, 6.45) is 1.39. The van der Waals surface area contributed by atoms with Crippen LogP contribution >= 0.6 is 0 Å². The third kappa shape index (κ3) is 3.39. The monoisotopic (exact) mass is 290 g/mol. The van der Waals surface area contributed by atoms with E-state index in [0.717, 1.165) is 6.07 Å². The summed E-state index contributed by atoms with van der Waals surface area (Å²) in [5.41, 5.74) is 0. The molecular formula is C10H14N2O4S2. The van der Waals surface area contributed by atoms with Gasteiger partial charge in [-0.2, -0.15) is 0 Å². The van der Waals surface area contributed by atoms with Crippen LogP contribution in [-0.4, -0.2) is 22.9 Å². The lowest BCUT2D eigenvalue weighted by Gasteiger charge is -2.12. The quantitative estimate of drug-likeness (QED) is 0.755. The van der Waals surface area contributed by atoms with Crippen LogP contribution in [0.1, 0.15) is 6.92 Å². The Hall–Kier alpha value is -1.22. The highest BCUT2D eigenvalue weighted by atomic mass is 32.2. The maximum absolute atomic E-state index is 12.0. The molecule has 0 spiro atoms. The van der Waals surface area contributed by atoms with E-state index in [-0.39, 0.29) is 4.90 Å². The molecule has 0 radical (unpaired) electrons. The van der Waals surface area contributed by atoms with Gasteiger partial charge in [-0.1, -0.05) is 18.2 Å². The van der Waals surface area contributed by atoms with Gasteiger partial charge in [-0.05, 0) is 19.1 Å². The van der Waals surface area contributed by atoms with Crippen molar-refractivity contribution in [1.29, 1.82) is 0 Å². The largest absolute Gasteiger partial charge is 0.242 e. The molecule has 0 aromatic heterocycles. The van der Waals surface area contributed by atoms with E-state index in [1.165, 1.54) is 24.3 Å². The fraction of sp³-hybridized carbons (Fsp3) is 0.200. The fourth-order valence-electron chi connectivity index (χ4n) is 1.26. The molecule has 0 fully saturated rings. The zero-order valence-corrected chi connectivity index (χ0v) is 11.3. The molecule has 8 heteroatoms. The summed E-state index contributed by atoms with van der Waals surface area (Å²) in [4.78, 5) is -0.810. The number of primary sulfonamides is 1. The minimum absolute atomic E-state index is 0.374. The number of sulfonamides is 2. The molecule has 0 saturated heterocycles. The van der Waals surface area contributed by atoms with Crippen molar-refractivity contribution in [1.82, 2.24) is 4.72 Å². The summed E-state index contributed by atoms with van der Waals surface area (Å²) in [6, 6.07) is 4.61. The first kappa shape index (κ1) is 14.8. The van der Waals surface area contributed by atoms with Crippen LogP contribution in [0.5, 0.6) is 0 Å². The third-order valence-corrected chi connectivity index (χ3v) is 4.86. The van der Waals surface area contributed by atoms with Crippen LogP contribution in [0.2, 0.25) is 0 Å². The zero-order valence-electron chi connectivity index (χ0n) is 9.70. The van der Waals surface area contributed by atoms with E-state index in [4.69, 9.17) is 5.14 Å². The van der Waals surface area contributed by atoms with Gasteiger partial charge >= 0.3 is 0 Å². The molecule has 1 aromatic carbocycles. The Labute approximate surface area is 107 Å². The zero-order chi connectivity index (χ0) is 14.0. The van der Waals surface area contributed by atoms with Crippen LogP contribution in [0.25, 0.3) is 0 Å². The summed E-state index contributed by atoms with van der Waals surface area (Å²) in [5, 5.41) is 4.98. The lowest BCUT2D eigenvalue weighted by molar-refractivity contribution is 0.569. The average Bonchev–Trinajstić information content (AvgIpc) is 2.27. The van der Waals surface area contributed by atoms with Crippen LogP contribution < -0.4 is 9.86 Å². The average molecular weight is 290 g/mol. The molecule has 0 amide bonds. The van der Waals surface area contributed by atoms with Gasteiger partial charge < -0.3 is 0 Å². The van der Waals surface area contributed by atoms with Gasteiger partial charge in [0.2, 0.25) is 20.0 Å². The van der Waals surface area contributed by atoms with E-state index in [1.807, 2.05) is 0 Å². The first-order valence-corrected chi connectivity index (χ1v) is 7.98. The first-order chi connectivity index (χ1) is 8.18. The Morgan fingerprint density at radius 3 is 2.17 bits per heavy atom. The van der Waals surface area contributed by atoms with E-state index >= 15 is 0 Å². The predicted octanol–water partition coefficient (Wildman–Crippen LogP) is 0.187. The van der Waals surface area contributed by atoms with Gasteiger partial charge in [-0.3, -0.25) is 0 Å². The van der Waals surface area contributed by atoms with Crippen molar-refractivity contribution in [2.45, 2.75) is 22.8 Å². The molecule has 18 heavy (non-hydrogen) atoms. The summed E-state index contributed by atoms with van der Waals surface area (Å²) in [7, 11) is -8.07. The van der Waals surface area contributed by atoms with Crippen molar-refractivity contribution in [3.8, 4) is 0 Å². The molecule has 0 aliphatic heterocycles. The number of hydrogen-bond donors (Lipinski definition) is 2. The Bertz CT molecular complexity index is 650. The molecule has 1 unspecified atom stereocenters. The van der Waals surface area contributed by atoms with Crippen molar-refractivity contribution in [3.63, 3.8) is 0 Å². The van der Waals surface area contributed by atoms with Gasteiger partial charge in [0.15, 0.2) is 0 Å². The normalized spacial score (nSPS) is 14.1. The van der Waals surface area contributed by atoms with Crippen LogP contribution in [0, 0.1) is 0 Å². The highest BCUT2D eigenvalue weighted by molar-refractivity contribution is 7.92. The SMILES string of the molecule is C=CC(C)NS(=O)(=O)c1ccccc1S(N)(=O)=O. The molecular weight excluding hydrogens is 276 g/mol. The van der Waals surface area contributed by atoms with Gasteiger partial charge in [0.05, 0.1) is 0 Å². The van der Waals surface area contributed by atoms with E-state index < -0.39 is 31.0 Å².